The molecule has 1 aliphatic rings. The van der Waals surface area contributed by atoms with E-state index in [1.807, 2.05) is 0 Å². The third kappa shape index (κ3) is 3.13. The summed E-state index contributed by atoms with van der Waals surface area (Å²) in [6.45, 7) is 4.03. The molecule has 0 radical (unpaired) electrons. The van der Waals surface area contributed by atoms with Gasteiger partial charge in [0, 0.05) is 12.6 Å². The van der Waals surface area contributed by atoms with Crippen LogP contribution < -0.4 is 10.6 Å². The molecule has 1 aromatic heterocycles. The number of nitrogens with one attached hydrogen (secondary N) is 2. The number of hydrogen-bond donors (Lipinski definition) is 2. The smallest absolute Gasteiger partial charge is 0.272 e. The maximum atomic E-state index is 11.7. The Kier molecular flexibility index (Phi) is 5.11. The molecule has 1 amide bonds. The van der Waals surface area contributed by atoms with Crippen LogP contribution in [-0.4, -0.2) is 33.8 Å². The Morgan fingerprint density at radius 1 is 1.69 bits per heavy atom. The highest BCUT2D eigenvalue weighted by Crippen LogP contribution is 2.11. The van der Waals surface area contributed by atoms with Crippen LogP contribution in [-0.2, 0) is 0 Å². The van der Waals surface area contributed by atoms with Gasteiger partial charge in [0.15, 0.2) is 5.69 Å². The number of halogens is 1. The Morgan fingerprint density at radius 3 is 3.12 bits per heavy atom. The van der Waals surface area contributed by atoms with Gasteiger partial charge in [-0.05, 0) is 18.9 Å². The van der Waals surface area contributed by atoms with E-state index in [2.05, 4.69) is 26.3 Å². The second-order valence-electron chi connectivity index (χ2n) is 3.84. The number of carbonyl (C=O) groups is 1. The van der Waals surface area contributed by atoms with Crippen molar-refractivity contribution in [1.82, 2.24) is 19.4 Å². The molecule has 1 saturated heterocycles. The normalized spacial score (nSPS) is 24.6. The van der Waals surface area contributed by atoms with Gasteiger partial charge in [-0.15, -0.1) is 12.4 Å². The van der Waals surface area contributed by atoms with Crippen LogP contribution in [0.5, 0.6) is 0 Å². The van der Waals surface area contributed by atoms with Gasteiger partial charge in [0.25, 0.3) is 5.91 Å². The molecule has 2 atom stereocenters. The lowest BCUT2D eigenvalue weighted by molar-refractivity contribution is 0.0911. The fraction of sp³-hybridized carbons (Fsp3) is 0.667. The molecule has 16 heavy (non-hydrogen) atoms. The Morgan fingerprint density at radius 2 is 2.50 bits per heavy atom. The molecule has 0 spiro atoms. The average molecular weight is 263 g/mol. The standard InChI is InChI=1S/C9H14N4OS.ClH/c1-6-2-3-10-4-7(6)12-9(14)8-5-11-15-13-8;/h5-7,10H,2-4H2,1H3,(H,12,14);1H. The van der Waals surface area contributed by atoms with Crippen LogP contribution in [0.3, 0.4) is 0 Å². The summed E-state index contributed by atoms with van der Waals surface area (Å²) in [5.41, 5.74) is 0.415. The number of nitrogens with zero attached hydrogens (tertiary/aromatic N) is 2. The maximum absolute atomic E-state index is 11.7. The molecule has 0 bridgehead atoms. The minimum Gasteiger partial charge on any atom is -0.346 e. The second-order valence-corrected chi connectivity index (χ2v) is 4.40. The molecule has 90 valence electrons. The van der Waals surface area contributed by atoms with E-state index >= 15 is 0 Å². The van der Waals surface area contributed by atoms with Crippen molar-refractivity contribution in [2.75, 3.05) is 13.1 Å². The summed E-state index contributed by atoms with van der Waals surface area (Å²) in [7, 11) is 0. The molecule has 1 fully saturated rings. The SMILES string of the molecule is CC1CCNCC1NC(=O)c1cnsn1.Cl. The van der Waals surface area contributed by atoms with Crippen LogP contribution >= 0.6 is 24.1 Å². The van der Waals surface area contributed by atoms with E-state index in [1.165, 1.54) is 6.20 Å². The number of hydrogen-bond acceptors (Lipinski definition) is 5. The molecular weight excluding hydrogens is 248 g/mol. The van der Waals surface area contributed by atoms with E-state index in [0.717, 1.165) is 31.2 Å². The van der Waals surface area contributed by atoms with Crippen molar-refractivity contribution in [3.8, 4) is 0 Å². The van der Waals surface area contributed by atoms with Gasteiger partial charge < -0.3 is 10.6 Å². The average Bonchev–Trinajstić information content (AvgIpc) is 2.74. The lowest BCUT2D eigenvalue weighted by Gasteiger charge is -2.29. The highest BCUT2D eigenvalue weighted by molar-refractivity contribution is 6.99. The minimum atomic E-state index is -0.121. The van der Waals surface area contributed by atoms with Crippen molar-refractivity contribution < 1.29 is 4.79 Å². The quantitative estimate of drug-likeness (QED) is 0.823. The molecule has 5 nitrogen and oxygen atoms in total. The van der Waals surface area contributed by atoms with Gasteiger partial charge in [-0.3, -0.25) is 4.79 Å². The molecule has 7 heteroatoms. The zero-order chi connectivity index (χ0) is 10.7. The fourth-order valence-electron chi connectivity index (χ4n) is 1.69. The summed E-state index contributed by atoms with van der Waals surface area (Å²) in [6, 6.07) is 0.202. The number of carbonyl (C=O) groups excluding carboxylic acids is 1. The molecule has 0 aromatic carbocycles. The van der Waals surface area contributed by atoms with E-state index in [9.17, 15) is 4.79 Å². The fourth-order valence-corrected chi connectivity index (χ4v) is 2.10. The monoisotopic (exact) mass is 262 g/mol. The Labute approximate surface area is 105 Å². The van der Waals surface area contributed by atoms with E-state index < -0.39 is 0 Å². The van der Waals surface area contributed by atoms with Crippen LogP contribution in [0.2, 0.25) is 0 Å². The van der Waals surface area contributed by atoms with Crippen LogP contribution in [0.25, 0.3) is 0 Å². The van der Waals surface area contributed by atoms with Crippen molar-refractivity contribution in [2.45, 2.75) is 19.4 Å². The first-order chi connectivity index (χ1) is 7.27. The van der Waals surface area contributed by atoms with Crippen LogP contribution in [0.15, 0.2) is 6.20 Å². The Hall–Kier alpha value is -0.720. The minimum absolute atomic E-state index is 0. The molecule has 0 saturated carbocycles. The molecule has 2 unspecified atom stereocenters. The molecule has 1 aromatic rings. The Bertz CT molecular complexity index is 332. The van der Waals surface area contributed by atoms with Crippen molar-refractivity contribution in [3.05, 3.63) is 11.9 Å². The first kappa shape index (κ1) is 13.3. The number of rotatable bonds is 2. The molecule has 0 aliphatic carbocycles. The summed E-state index contributed by atoms with van der Waals surface area (Å²) in [6.07, 6.45) is 2.60. The third-order valence-corrected chi connectivity index (χ3v) is 3.22. The zero-order valence-electron chi connectivity index (χ0n) is 8.97. The van der Waals surface area contributed by atoms with Crippen LogP contribution in [0, 0.1) is 5.92 Å². The number of amides is 1. The summed E-state index contributed by atoms with van der Waals surface area (Å²) < 4.78 is 7.71. The summed E-state index contributed by atoms with van der Waals surface area (Å²) in [4.78, 5) is 11.7. The predicted octanol–water partition coefficient (Wildman–Crippen LogP) is 0.688. The third-order valence-electron chi connectivity index (χ3n) is 2.74. The van der Waals surface area contributed by atoms with Crippen molar-refractivity contribution in [2.24, 2.45) is 5.92 Å². The molecule has 2 rings (SSSR count). The van der Waals surface area contributed by atoms with E-state index in [-0.39, 0.29) is 24.4 Å². The molecule has 1 aliphatic heterocycles. The van der Waals surface area contributed by atoms with Crippen LogP contribution in [0.4, 0.5) is 0 Å². The number of piperidine rings is 1. The lowest BCUT2D eigenvalue weighted by Crippen LogP contribution is -2.50. The topological polar surface area (TPSA) is 66.9 Å². The van der Waals surface area contributed by atoms with Crippen molar-refractivity contribution in [3.63, 3.8) is 0 Å². The molecule has 2 N–H and O–H groups in total. The van der Waals surface area contributed by atoms with E-state index in [1.54, 1.807) is 0 Å². The maximum Gasteiger partial charge on any atom is 0.272 e. The molecular formula is C9H15ClN4OS. The van der Waals surface area contributed by atoms with Gasteiger partial charge in [0.05, 0.1) is 17.9 Å². The van der Waals surface area contributed by atoms with Gasteiger partial charge >= 0.3 is 0 Å². The summed E-state index contributed by atoms with van der Waals surface area (Å²) >= 11 is 1.05. The largest absolute Gasteiger partial charge is 0.346 e. The number of aromatic nitrogens is 2. The Balaban J connectivity index is 0.00000128. The summed E-state index contributed by atoms with van der Waals surface area (Å²) in [5, 5.41) is 6.24. The summed E-state index contributed by atoms with van der Waals surface area (Å²) in [5.74, 6) is 0.395. The highest BCUT2D eigenvalue weighted by Gasteiger charge is 2.23. The van der Waals surface area contributed by atoms with Gasteiger partial charge in [-0.2, -0.15) is 8.75 Å². The van der Waals surface area contributed by atoms with E-state index in [4.69, 9.17) is 0 Å². The van der Waals surface area contributed by atoms with Crippen LogP contribution in [0.1, 0.15) is 23.8 Å². The van der Waals surface area contributed by atoms with Crippen molar-refractivity contribution in [1.29, 1.82) is 0 Å². The second kappa shape index (κ2) is 6.12. The molecule has 2 heterocycles. The van der Waals surface area contributed by atoms with Gasteiger partial charge in [-0.25, -0.2) is 0 Å². The van der Waals surface area contributed by atoms with E-state index in [0.29, 0.717) is 11.6 Å². The first-order valence-corrected chi connectivity index (χ1v) is 5.79. The first-order valence-electron chi connectivity index (χ1n) is 5.06. The highest BCUT2D eigenvalue weighted by atomic mass is 35.5. The van der Waals surface area contributed by atoms with Gasteiger partial charge in [0.2, 0.25) is 0 Å². The van der Waals surface area contributed by atoms with Crippen molar-refractivity contribution >= 4 is 30.0 Å². The van der Waals surface area contributed by atoms with Gasteiger partial charge in [0.1, 0.15) is 0 Å². The lowest BCUT2D eigenvalue weighted by atomic mass is 9.95. The van der Waals surface area contributed by atoms with Gasteiger partial charge in [-0.1, -0.05) is 6.92 Å². The zero-order valence-corrected chi connectivity index (χ0v) is 10.6. The predicted molar refractivity (Wildman–Crippen MR) is 65.1 cm³/mol.